The van der Waals surface area contributed by atoms with Crippen LogP contribution < -0.4 is 4.90 Å². The summed E-state index contributed by atoms with van der Waals surface area (Å²) in [6.45, 7) is 8.66. The number of likely N-dealkylation sites (tertiary alicyclic amines) is 1. The van der Waals surface area contributed by atoms with Crippen LogP contribution in [0.1, 0.15) is 28.9 Å². The number of aromatic nitrogens is 3. The number of anilines is 1. The van der Waals surface area contributed by atoms with Crippen LogP contribution in [0.5, 0.6) is 0 Å². The molecule has 0 spiro atoms. The first-order chi connectivity index (χ1) is 16.6. The van der Waals surface area contributed by atoms with Crippen molar-refractivity contribution in [3.63, 3.8) is 0 Å². The third-order valence-corrected chi connectivity index (χ3v) is 7.20. The molecule has 2 aliphatic heterocycles. The van der Waals surface area contributed by atoms with Crippen molar-refractivity contribution < 1.29 is 4.79 Å². The second-order valence-corrected chi connectivity index (χ2v) is 9.71. The molecule has 7 nitrogen and oxygen atoms in total. The Bertz CT molecular complexity index is 1130. The highest BCUT2D eigenvalue weighted by molar-refractivity contribution is 6.30. The van der Waals surface area contributed by atoms with Crippen molar-refractivity contribution in [1.82, 2.24) is 24.6 Å². The Morgan fingerprint density at radius 1 is 1.09 bits per heavy atom. The lowest BCUT2D eigenvalue weighted by Crippen LogP contribution is -2.50. The van der Waals surface area contributed by atoms with E-state index >= 15 is 0 Å². The first kappa shape index (κ1) is 22.9. The molecular formula is C26H31ClN6O. The molecule has 8 heteroatoms. The Hall–Kier alpha value is -2.90. The SMILES string of the molecule is Cc1c(C(=O)N2CCCC(CN3CCN(c4ccccn4)CC3)C2)cnn1-c1cccc(Cl)c1. The number of piperidine rings is 1. The minimum atomic E-state index is 0.0791. The van der Waals surface area contributed by atoms with E-state index in [-0.39, 0.29) is 5.91 Å². The molecule has 0 saturated carbocycles. The molecule has 0 N–H and O–H groups in total. The van der Waals surface area contributed by atoms with Crippen molar-refractivity contribution in [3.05, 3.63) is 71.1 Å². The van der Waals surface area contributed by atoms with Gasteiger partial charge in [-0.15, -0.1) is 0 Å². The van der Waals surface area contributed by atoms with Crippen molar-refractivity contribution in [2.45, 2.75) is 19.8 Å². The van der Waals surface area contributed by atoms with E-state index in [1.165, 1.54) is 6.42 Å². The second kappa shape index (κ2) is 10.2. The molecule has 1 amide bonds. The fourth-order valence-corrected chi connectivity index (χ4v) is 5.31. The molecule has 2 aliphatic rings. The first-order valence-corrected chi connectivity index (χ1v) is 12.4. The Labute approximate surface area is 205 Å². The van der Waals surface area contributed by atoms with E-state index < -0.39 is 0 Å². The lowest BCUT2D eigenvalue weighted by atomic mass is 9.96. The Kier molecular flexibility index (Phi) is 6.83. The lowest BCUT2D eigenvalue weighted by Gasteiger charge is -2.39. The molecule has 0 aliphatic carbocycles. The Morgan fingerprint density at radius 3 is 2.71 bits per heavy atom. The minimum Gasteiger partial charge on any atom is -0.354 e. The zero-order chi connectivity index (χ0) is 23.5. The van der Waals surface area contributed by atoms with E-state index in [2.05, 4.69) is 25.9 Å². The first-order valence-electron chi connectivity index (χ1n) is 12.1. The maximum absolute atomic E-state index is 13.4. The van der Waals surface area contributed by atoms with Crippen molar-refractivity contribution >= 4 is 23.3 Å². The van der Waals surface area contributed by atoms with Crippen molar-refractivity contribution in [1.29, 1.82) is 0 Å². The maximum atomic E-state index is 13.4. The lowest BCUT2D eigenvalue weighted by molar-refractivity contribution is 0.0636. The van der Waals surface area contributed by atoms with Crippen LogP contribution in [-0.2, 0) is 0 Å². The molecule has 5 rings (SSSR count). The van der Waals surface area contributed by atoms with E-state index in [4.69, 9.17) is 11.6 Å². The number of carbonyl (C=O) groups is 1. The minimum absolute atomic E-state index is 0.0791. The molecule has 0 bridgehead atoms. The van der Waals surface area contributed by atoms with Crippen LogP contribution in [0.15, 0.2) is 54.9 Å². The van der Waals surface area contributed by atoms with Crippen LogP contribution in [-0.4, -0.2) is 76.3 Å². The Morgan fingerprint density at radius 2 is 1.94 bits per heavy atom. The molecule has 0 radical (unpaired) electrons. The van der Waals surface area contributed by atoms with Gasteiger partial charge >= 0.3 is 0 Å². The number of pyridine rings is 1. The van der Waals surface area contributed by atoms with E-state index in [1.807, 2.05) is 54.4 Å². The van der Waals surface area contributed by atoms with Gasteiger partial charge in [-0.05, 0) is 56.0 Å². The quantitative estimate of drug-likeness (QED) is 0.556. The number of hydrogen-bond donors (Lipinski definition) is 0. The highest BCUT2D eigenvalue weighted by Crippen LogP contribution is 2.23. The average molecular weight is 479 g/mol. The van der Waals surface area contributed by atoms with Gasteiger partial charge in [0.2, 0.25) is 0 Å². The summed E-state index contributed by atoms with van der Waals surface area (Å²) < 4.78 is 1.79. The number of nitrogens with zero attached hydrogens (tertiary/aromatic N) is 6. The molecule has 4 heterocycles. The third-order valence-electron chi connectivity index (χ3n) is 6.96. The van der Waals surface area contributed by atoms with E-state index in [9.17, 15) is 4.79 Å². The summed E-state index contributed by atoms with van der Waals surface area (Å²) in [4.78, 5) is 24.8. The fourth-order valence-electron chi connectivity index (χ4n) is 5.12. The van der Waals surface area contributed by atoms with Gasteiger partial charge < -0.3 is 9.80 Å². The largest absolute Gasteiger partial charge is 0.354 e. The summed E-state index contributed by atoms with van der Waals surface area (Å²) in [7, 11) is 0. The number of halogens is 1. The number of hydrogen-bond acceptors (Lipinski definition) is 5. The maximum Gasteiger partial charge on any atom is 0.257 e. The van der Waals surface area contributed by atoms with Gasteiger partial charge in [-0.2, -0.15) is 5.10 Å². The number of amides is 1. The summed E-state index contributed by atoms with van der Waals surface area (Å²) >= 11 is 6.15. The van der Waals surface area contributed by atoms with Gasteiger partial charge in [0.15, 0.2) is 0 Å². The van der Waals surface area contributed by atoms with E-state index in [0.717, 1.165) is 69.4 Å². The monoisotopic (exact) mass is 478 g/mol. The number of carbonyl (C=O) groups excluding carboxylic acids is 1. The molecule has 3 aromatic rings. The van der Waals surface area contributed by atoms with Crippen LogP contribution in [0.2, 0.25) is 5.02 Å². The van der Waals surface area contributed by atoms with Gasteiger partial charge in [0.1, 0.15) is 5.82 Å². The fraction of sp³-hybridized carbons (Fsp3) is 0.423. The van der Waals surface area contributed by atoms with Gasteiger partial charge in [0.25, 0.3) is 5.91 Å². The second-order valence-electron chi connectivity index (χ2n) is 9.27. The number of rotatable bonds is 5. The zero-order valence-corrected chi connectivity index (χ0v) is 20.4. The standard InChI is InChI=1S/C26H31ClN6O/c1-20-24(17-29-33(20)23-8-4-7-22(27)16-23)26(34)32-11-5-6-21(19-32)18-30-12-14-31(15-13-30)25-9-2-3-10-28-25/h2-4,7-10,16-17,21H,5-6,11-15,18-19H2,1H3. The van der Waals surface area contributed by atoms with Gasteiger partial charge in [0, 0.05) is 57.0 Å². The predicted octanol–water partition coefficient (Wildman–Crippen LogP) is 3.90. The average Bonchev–Trinajstić information content (AvgIpc) is 3.26. The third kappa shape index (κ3) is 4.95. The molecule has 2 saturated heterocycles. The predicted molar refractivity (Wildman–Crippen MR) is 135 cm³/mol. The van der Waals surface area contributed by atoms with E-state index in [0.29, 0.717) is 16.5 Å². The van der Waals surface area contributed by atoms with Crippen LogP contribution in [0, 0.1) is 12.8 Å². The molecule has 2 aromatic heterocycles. The summed E-state index contributed by atoms with van der Waals surface area (Å²) in [6, 6.07) is 13.6. The molecule has 2 fully saturated rings. The van der Waals surface area contributed by atoms with Gasteiger partial charge in [-0.3, -0.25) is 9.69 Å². The highest BCUT2D eigenvalue weighted by Gasteiger charge is 2.29. The van der Waals surface area contributed by atoms with Crippen LogP contribution in [0.3, 0.4) is 0 Å². The molecule has 1 atom stereocenters. The topological polar surface area (TPSA) is 57.5 Å². The molecule has 1 unspecified atom stereocenters. The van der Waals surface area contributed by atoms with Crippen molar-refractivity contribution in [2.75, 3.05) is 50.7 Å². The molecule has 34 heavy (non-hydrogen) atoms. The van der Waals surface area contributed by atoms with Crippen LogP contribution in [0.25, 0.3) is 5.69 Å². The van der Waals surface area contributed by atoms with Gasteiger partial charge in [0.05, 0.1) is 23.1 Å². The van der Waals surface area contributed by atoms with Crippen molar-refractivity contribution in [3.8, 4) is 5.69 Å². The summed E-state index contributed by atoms with van der Waals surface area (Å²) in [5.74, 6) is 1.64. The number of piperazine rings is 1. The van der Waals surface area contributed by atoms with Crippen molar-refractivity contribution in [2.24, 2.45) is 5.92 Å². The highest BCUT2D eigenvalue weighted by atomic mass is 35.5. The number of benzene rings is 1. The Balaban J connectivity index is 1.19. The smallest absolute Gasteiger partial charge is 0.257 e. The molecule has 178 valence electrons. The summed E-state index contributed by atoms with van der Waals surface area (Å²) in [5, 5.41) is 5.13. The summed E-state index contributed by atoms with van der Waals surface area (Å²) in [5.41, 5.74) is 2.38. The zero-order valence-electron chi connectivity index (χ0n) is 19.6. The van der Waals surface area contributed by atoms with E-state index in [1.54, 1.807) is 10.9 Å². The summed E-state index contributed by atoms with van der Waals surface area (Å²) in [6.07, 6.45) is 5.77. The van der Waals surface area contributed by atoms with Crippen LogP contribution in [0.4, 0.5) is 5.82 Å². The molecule has 1 aromatic carbocycles. The normalized spacial score (nSPS) is 19.4. The van der Waals surface area contributed by atoms with Crippen LogP contribution >= 0.6 is 11.6 Å². The van der Waals surface area contributed by atoms with Gasteiger partial charge in [-0.25, -0.2) is 9.67 Å². The molecular weight excluding hydrogens is 448 g/mol. The van der Waals surface area contributed by atoms with Gasteiger partial charge in [-0.1, -0.05) is 23.7 Å².